The number of hydrogen-bond donors (Lipinski definition) is 1. The first-order valence-electron chi connectivity index (χ1n) is 7.44. The number of fused-ring (bicyclic) bond motifs is 1. The lowest BCUT2D eigenvalue weighted by Gasteiger charge is -2.11. The van der Waals surface area contributed by atoms with E-state index >= 15 is 0 Å². The van der Waals surface area contributed by atoms with Crippen LogP contribution in [0.3, 0.4) is 0 Å². The standard InChI is InChI=1S/C16H12F2N4O3/c17-11-4-3-9(6-12(11)18)20-14(23)8-22-15(24)10(7-19)13-2-1-5-21(13)16(22)25/h3-4,6H,1-2,5,8H2,(H,20,23). The number of nitriles is 1. The quantitative estimate of drug-likeness (QED) is 0.887. The van der Waals surface area contributed by atoms with Crippen LogP contribution in [0.4, 0.5) is 14.5 Å². The Hall–Kier alpha value is -3.28. The number of nitrogens with zero attached hydrogens (tertiary/aromatic N) is 3. The molecule has 0 bridgehead atoms. The molecular formula is C16H12F2N4O3. The van der Waals surface area contributed by atoms with Crippen LogP contribution in [0.25, 0.3) is 0 Å². The second kappa shape index (κ2) is 6.32. The second-order valence-electron chi connectivity index (χ2n) is 5.54. The highest BCUT2D eigenvalue weighted by Crippen LogP contribution is 2.14. The van der Waals surface area contributed by atoms with Crippen LogP contribution in [0, 0.1) is 23.0 Å². The molecule has 7 nitrogen and oxygen atoms in total. The number of carbonyl (C=O) groups excluding carboxylic acids is 1. The minimum absolute atomic E-state index is 0.0151. The average molecular weight is 346 g/mol. The Kier molecular flexibility index (Phi) is 4.19. The Morgan fingerprint density at radius 2 is 2.04 bits per heavy atom. The van der Waals surface area contributed by atoms with Gasteiger partial charge in [-0.3, -0.25) is 14.2 Å². The smallest absolute Gasteiger partial charge is 0.324 e. The van der Waals surface area contributed by atoms with Crippen LogP contribution in [0.2, 0.25) is 0 Å². The van der Waals surface area contributed by atoms with Gasteiger partial charge in [-0.05, 0) is 25.0 Å². The number of anilines is 1. The Balaban J connectivity index is 1.92. The number of nitrogens with one attached hydrogen (secondary N) is 1. The number of aromatic nitrogens is 2. The summed E-state index contributed by atoms with van der Waals surface area (Å²) in [6.07, 6.45) is 1.09. The predicted octanol–water partition coefficient (Wildman–Crippen LogP) is 0.745. The fraction of sp³-hybridized carbons (Fsp3) is 0.250. The van der Waals surface area contributed by atoms with E-state index in [0.29, 0.717) is 29.6 Å². The van der Waals surface area contributed by atoms with Crippen LogP contribution < -0.4 is 16.6 Å². The molecule has 2 heterocycles. The van der Waals surface area contributed by atoms with E-state index in [9.17, 15) is 23.2 Å². The summed E-state index contributed by atoms with van der Waals surface area (Å²) in [4.78, 5) is 36.7. The third-order valence-electron chi connectivity index (χ3n) is 3.95. The Labute approximate surface area is 139 Å². The van der Waals surface area contributed by atoms with Crippen molar-refractivity contribution in [2.45, 2.75) is 25.9 Å². The van der Waals surface area contributed by atoms with Gasteiger partial charge in [0, 0.05) is 24.0 Å². The first kappa shape index (κ1) is 16.6. The molecule has 1 aliphatic heterocycles. The molecule has 1 aromatic heterocycles. The van der Waals surface area contributed by atoms with E-state index in [4.69, 9.17) is 5.26 Å². The normalized spacial score (nSPS) is 12.5. The number of halogens is 2. The molecule has 0 unspecified atom stereocenters. The summed E-state index contributed by atoms with van der Waals surface area (Å²) in [6.45, 7) is -0.264. The molecule has 0 saturated heterocycles. The molecule has 25 heavy (non-hydrogen) atoms. The Morgan fingerprint density at radius 3 is 2.72 bits per heavy atom. The molecule has 1 aromatic carbocycles. The monoisotopic (exact) mass is 346 g/mol. The highest BCUT2D eigenvalue weighted by atomic mass is 19.2. The number of carbonyl (C=O) groups is 1. The fourth-order valence-corrected chi connectivity index (χ4v) is 2.81. The number of benzene rings is 1. The van der Waals surface area contributed by atoms with Crippen molar-refractivity contribution in [3.05, 3.63) is 61.9 Å². The first-order valence-corrected chi connectivity index (χ1v) is 7.44. The van der Waals surface area contributed by atoms with Crippen molar-refractivity contribution in [2.24, 2.45) is 0 Å². The van der Waals surface area contributed by atoms with Gasteiger partial charge in [-0.25, -0.2) is 18.1 Å². The van der Waals surface area contributed by atoms with Gasteiger partial charge in [0.2, 0.25) is 5.91 Å². The summed E-state index contributed by atoms with van der Waals surface area (Å²) < 4.78 is 28.0. The van der Waals surface area contributed by atoms with Crippen molar-refractivity contribution >= 4 is 11.6 Å². The van der Waals surface area contributed by atoms with Gasteiger partial charge in [0.25, 0.3) is 5.56 Å². The zero-order valence-electron chi connectivity index (χ0n) is 12.9. The summed E-state index contributed by atoms with van der Waals surface area (Å²) >= 11 is 0. The van der Waals surface area contributed by atoms with Crippen LogP contribution in [-0.4, -0.2) is 15.0 Å². The fourth-order valence-electron chi connectivity index (χ4n) is 2.81. The summed E-state index contributed by atoms with van der Waals surface area (Å²) in [5.41, 5.74) is -1.29. The molecule has 0 atom stereocenters. The van der Waals surface area contributed by atoms with Gasteiger partial charge >= 0.3 is 5.69 Å². The van der Waals surface area contributed by atoms with Crippen LogP contribution >= 0.6 is 0 Å². The van der Waals surface area contributed by atoms with Crippen molar-refractivity contribution < 1.29 is 13.6 Å². The third kappa shape index (κ3) is 2.94. The average Bonchev–Trinajstić information content (AvgIpc) is 3.05. The molecule has 1 amide bonds. The molecule has 0 radical (unpaired) electrons. The molecule has 0 saturated carbocycles. The van der Waals surface area contributed by atoms with Gasteiger partial charge in [-0.1, -0.05) is 0 Å². The molecule has 1 N–H and O–H groups in total. The maximum Gasteiger partial charge on any atom is 0.331 e. The van der Waals surface area contributed by atoms with Crippen LogP contribution in [0.1, 0.15) is 17.7 Å². The van der Waals surface area contributed by atoms with Crippen LogP contribution in [-0.2, 0) is 24.3 Å². The van der Waals surface area contributed by atoms with Crippen molar-refractivity contribution in [1.82, 2.24) is 9.13 Å². The van der Waals surface area contributed by atoms with E-state index in [1.54, 1.807) is 6.07 Å². The van der Waals surface area contributed by atoms with Gasteiger partial charge in [-0.2, -0.15) is 5.26 Å². The van der Waals surface area contributed by atoms with E-state index in [1.807, 2.05) is 0 Å². The van der Waals surface area contributed by atoms with E-state index < -0.39 is 35.3 Å². The van der Waals surface area contributed by atoms with Crippen molar-refractivity contribution in [1.29, 1.82) is 5.26 Å². The minimum Gasteiger partial charge on any atom is -0.324 e. The Bertz CT molecular complexity index is 1030. The lowest BCUT2D eigenvalue weighted by molar-refractivity contribution is -0.116. The lowest BCUT2D eigenvalue weighted by Crippen LogP contribution is -2.44. The summed E-state index contributed by atoms with van der Waals surface area (Å²) in [5, 5.41) is 11.4. The molecule has 0 fully saturated rings. The van der Waals surface area contributed by atoms with Crippen LogP contribution in [0.5, 0.6) is 0 Å². The van der Waals surface area contributed by atoms with Crippen molar-refractivity contribution in [3.63, 3.8) is 0 Å². The Morgan fingerprint density at radius 1 is 1.28 bits per heavy atom. The summed E-state index contributed by atoms with van der Waals surface area (Å²) in [6, 6.07) is 4.56. The number of amides is 1. The lowest BCUT2D eigenvalue weighted by atomic mass is 10.2. The largest absolute Gasteiger partial charge is 0.331 e. The van der Waals surface area contributed by atoms with E-state index in [0.717, 1.165) is 18.2 Å². The third-order valence-corrected chi connectivity index (χ3v) is 3.95. The number of rotatable bonds is 3. The topological polar surface area (TPSA) is 96.9 Å². The molecule has 1 aliphatic rings. The SMILES string of the molecule is N#Cc1c2n(c(=O)n(CC(=O)Nc3ccc(F)c(F)c3)c1=O)CCC2. The highest BCUT2D eigenvalue weighted by molar-refractivity contribution is 5.90. The maximum atomic E-state index is 13.2. The number of hydrogen-bond acceptors (Lipinski definition) is 4. The van der Waals surface area contributed by atoms with E-state index in [2.05, 4.69) is 5.32 Å². The first-order chi connectivity index (χ1) is 11.9. The van der Waals surface area contributed by atoms with Gasteiger partial charge in [-0.15, -0.1) is 0 Å². The van der Waals surface area contributed by atoms with Gasteiger partial charge in [0.1, 0.15) is 18.2 Å². The van der Waals surface area contributed by atoms with E-state index in [1.165, 1.54) is 4.57 Å². The molecule has 2 aromatic rings. The van der Waals surface area contributed by atoms with Crippen molar-refractivity contribution in [2.75, 3.05) is 5.32 Å². The molecule has 0 spiro atoms. The zero-order valence-corrected chi connectivity index (χ0v) is 12.9. The predicted molar refractivity (Wildman–Crippen MR) is 83.0 cm³/mol. The second-order valence-corrected chi connectivity index (χ2v) is 5.54. The summed E-state index contributed by atoms with van der Waals surface area (Å²) in [5.74, 6) is -2.98. The molecule has 0 aliphatic carbocycles. The zero-order chi connectivity index (χ0) is 18.1. The summed E-state index contributed by atoms with van der Waals surface area (Å²) in [7, 11) is 0. The molecular weight excluding hydrogens is 334 g/mol. The molecule has 9 heteroatoms. The van der Waals surface area contributed by atoms with Gasteiger partial charge in [0.05, 0.1) is 0 Å². The van der Waals surface area contributed by atoms with E-state index in [-0.39, 0.29) is 11.3 Å². The van der Waals surface area contributed by atoms with Gasteiger partial charge < -0.3 is 5.32 Å². The minimum atomic E-state index is -1.14. The maximum absolute atomic E-state index is 13.2. The van der Waals surface area contributed by atoms with Gasteiger partial charge in [0.15, 0.2) is 11.6 Å². The molecule has 3 rings (SSSR count). The highest BCUT2D eigenvalue weighted by Gasteiger charge is 2.23. The molecule has 128 valence electrons. The van der Waals surface area contributed by atoms with Crippen LogP contribution in [0.15, 0.2) is 27.8 Å². The van der Waals surface area contributed by atoms with Crippen molar-refractivity contribution in [3.8, 4) is 6.07 Å².